The molecule has 0 saturated carbocycles. The van der Waals surface area contributed by atoms with E-state index in [0.29, 0.717) is 17.7 Å². The standard InChI is InChI=1S/C29H33BrN4O2S/c1-5-34(6-2)13-12-31-29(36)27-18(3)26(32-19(27)4)16-24-23-15-22(10-11-25(23)33-28(24)35)37-17-20-8-7-9-21(30)14-20/h7-11,14-16,32H,5-6,12-13,17H2,1-4H3,(H,31,36)(H,33,35)/b24-16-. The number of rotatable bonds is 10. The molecule has 1 aliphatic rings. The molecule has 0 bridgehead atoms. The molecular weight excluding hydrogens is 548 g/mol. The van der Waals surface area contributed by atoms with Crippen molar-refractivity contribution in [3.63, 3.8) is 0 Å². The Morgan fingerprint density at radius 1 is 1.14 bits per heavy atom. The molecule has 6 nitrogen and oxygen atoms in total. The van der Waals surface area contributed by atoms with E-state index in [2.05, 4.69) is 68.5 Å². The number of anilines is 1. The molecule has 1 aliphatic heterocycles. The van der Waals surface area contributed by atoms with Gasteiger partial charge in [-0.15, -0.1) is 11.8 Å². The molecule has 0 spiro atoms. The van der Waals surface area contributed by atoms with Crippen LogP contribution in [0.5, 0.6) is 0 Å². The number of carbonyl (C=O) groups excluding carboxylic acids is 2. The minimum atomic E-state index is -0.138. The maximum Gasteiger partial charge on any atom is 0.256 e. The number of amides is 2. The number of aryl methyl sites for hydroxylation is 1. The molecule has 0 radical (unpaired) electrons. The number of H-pyrrole nitrogens is 1. The summed E-state index contributed by atoms with van der Waals surface area (Å²) in [4.78, 5) is 32.5. The second-order valence-corrected chi connectivity index (χ2v) is 11.0. The summed E-state index contributed by atoms with van der Waals surface area (Å²) in [5.74, 6) is 0.604. The van der Waals surface area contributed by atoms with Crippen LogP contribution in [0.25, 0.3) is 11.6 Å². The van der Waals surface area contributed by atoms with Crippen LogP contribution in [0, 0.1) is 13.8 Å². The Bertz CT molecular complexity index is 1340. The number of nitrogens with zero attached hydrogens (tertiary/aromatic N) is 1. The summed E-state index contributed by atoms with van der Waals surface area (Å²) in [5.41, 5.74) is 6.55. The van der Waals surface area contributed by atoms with Crippen molar-refractivity contribution in [1.29, 1.82) is 0 Å². The second-order valence-electron chi connectivity index (χ2n) is 9.08. The first-order valence-corrected chi connectivity index (χ1v) is 14.3. The van der Waals surface area contributed by atoms with E-state index < -0.39 is 0 Å². The Labute approximate surface area is 231 Å². The fraction of sp³-hybridized carbons (Fsp3) is 0.310. The van der Waals surface area contributed by atoms with E-state index in [-0.39, 0.29) is 11.8 Å². The van der Waals surface area contributed by atoms with Crippen LogP contribution in [-0.2, 0) is 10.5 Å². The third-order valence-corrected chi connectivity index (χ3v) is 8.23. The molecule has 0 aliphatic carbocycles. The highest BCUT2D eigenvalue weighted by Crippen LogP contribution is 2.37. The normalized spacial score (nSPS) is 13.8. The van der Waals surface area contributed by atoms with Crippen molar-refractivity contribution in [3.05, 3.63) is 80.6 Å². The number of nitrogens with one attached hydrogen (secondary N) is 3. The van der Waals surface area contributed by atoms with Gasteiger partial charge in [0.2, 0.25) is 0 Å². The summed E-state index contributed by atoms with van der Waals surface area (Å²) in [6, 6.07) is 14.3. The van der Waals surface area contributed by atoms with E-state index in [9.17, 15) is 9.59 Å². The molecule has 2 aromatic carbocycles. The fourth-order valence-corrected chi connectivity index (χ4v) is 5.88. The van der Waals surface area contributed by atoms with Crippen LogP contribution in [0.1, 0.15) is 52.3 Å². The second kappa shape index (κ2) is 12.2. The Morgan fingerprint density at radius 2 is 1.92 bits per heavy atom. The number of hydrogen-bond acceptors (Lipinski definition) is 4. The van der Waals surface area contributed by atoms with Crippen molar-refractivity contribution < 1.29 is 9.59 Å². The zero-order valence-corrected chi connectivity index (χ0v) is 24.1. The number of fused-ring (bicyclic) bond motifs is 1. The summed E-state index contributed by atoms with van der Waals surface area (Å²) >= 11 is 5.26. The van der Waals surface area contributed by atoms with Crippen LogP contribution < -0.4 is 10.6 Å². The average Bonchev–Trinajstić information content (AvgIpc) is 3.34. The number of hydrogen-bond donors (Lipinski definition) is 3. The third-order valence-electron chi connectivity index (χ3n) is 6.67. The Balaban J connectivity index is 1.53. The van der Waals surface area contributed by atoms with Gasteiger partial charge in [0.25, 0.3) is 11.8 Å². The maximum absolute atomic E-state index is 13.0. The van der Waals surface area contributed by atoms with Gasteiger partial charge in [-0.25, -0.2) is 0 Å². The van der Waals surface area contributed by atoms with Crippen LogP contribution in [0.15, 0.2) is 51.8 Å². The summed E-state index contributed by atoms with van der Waals surface area (Å²) < 4.78 is 1.06. The summed E-state index contributed by atoms with van der Waals surface area (Å²) in [6.07, 6.45) is 1.86. The van der Waals surface area contributed by atoms with Gasteiger partial charge in [0.05, 0.1) is 11.1 Å². The lowest BCUT2D eigenvalue weighted by Gasteiger charge is -2.18. The van der Waals surface area contributed by atoms with Crippen LogP contribution in [0.3, 0.4) is 0 Å². The van der Waals surface area contributed by atoms with Gasteiger partial charge in [-0.1, -0.05) is 41.9 Å². The summed E-state index contributed by atoms with van der Waals surface area (Å²) in [5, 5.41) is 6.01. The van der Waals surface area contributed by atoms with Gasteiger partial charge in [0.1, 0.15) is 0 Å². The van der Waals surface area contributed by atoms with Gasteiger partial charge in [-0.3, -0.25) is 9.59 Å². The lowest BCUT2D eigenvalue weighted by Crippen LogP contribution is -2.35. The first kappa shape index (κ1) is 27.2. The highest BCUT2D eigenvalue weighted by atomic mass is 79.9. The Morgan fingerprint density at radius 3 is 2.65 bits per heavy atom. The van der Waals surface area contributed by atoms with Crippen molar-refractivity contribution in [2.75, 3.05) is 31.5 Å². The first-order valence-electron chi connectivity index (χ1n) is 12.5. The molecular formula is C29H33BrN4O2S. The van der Waals surface area contributed by atoms with E-state index in [1.165, 1.54) is 5.56 Å². The van der Waals surface area contributed by atoms with Crippen molar-refractivity contribution in [1.82, 2.24) is 15.2 Å². The highest BCUT2D eigenvalue weighted by Gasteiger charge is 2.26. The lowest BCUT2D eigenvalue weighted by molar-refractivity contribution is -0.110. The molecule has 4 rings (SSSR count). The summed E-state index contributed by atoms with van der Waals surface area (Å²) in [7, 11) is 0. The number of benzene rings is 2. The molecule has 8 heteroatoms. The van der Waals surface area contributed by atoms with E-state index in [0.717, 1.165) is 63.0 Å². The number of halogens is 1. The van der Waals surface area contributed by atoms with Crippen molar-refractivity contribution >= 4 is 56.8 Å². The van der Waals surface area contributed by atoms with Crippen molar-refractivity contribution in [3.8, 4) is 0 Å². The molecule has 0 fully saturated rings. The molecule has 0 atom stereocenters. The van der Waals surface area contributed by atoms with Gasteiger partial charge in [0, 0.05) is 50.8 Å². The number of likely N-dealkylation sites (N-methyl/N-ethyl adjacent to an activating group) is 1. The van der Waals surface area contributed by atoms with E-state index in [4.69, 9.17) is 0 Å². The van der Waals surface area contributed by atoms with Crippen LogP contribution in [0.2, 0.25) is 0 Å². The molecule has 2 amide bonds. The Kier molecular flexibility index (Phi) is 8.95. The molecule has 37 heavy (non-hydrogen) atoms. The van der Waals surface area contributed by atoms with Gasteiger partial charge in [-0.2, -0.15) is 0 Å². The van der Waals surface area contributed by atoms with Gasteiger partial charge < -0.3 is 20.5 Å². The molecule has 2 heterocycles. The molecule has 1 aromatic heterocycles. The highest BCUT2D eigenvalue weighted by molar-refractivity contribution is 9.10. The van der Waals surface area contributed by atoms with Crippen molar-refractivity contribution in [2.24, 2.45) is 0 Å². The molecule has 0 saturated heterocycles. The maximum atomic E-state index is 13.0. The van der Waals surface area contributed by atoms with Crippen LogP contribution >= 0.6 is 27.7 Å². The molecule has 194 valence electrons. The molecule has 3 N–H and O–H groups in total. The molecule has 3 aromatic rings. The zero-order valence-electron chi connectivity index (χ0n) is 21.7. The number of carbonyl (C=O) groups is 2. The minimum absolute atomic E-state index is 0.0921. The van der Waals surface area contributed by atoms with E-state index in [1.807, 2.05) is 44.2 Å². The minimum Gasteiger partial charge on any atom is -0.358 e. The predicted molar refractivity (Wildman–Crippen MR) is 157 cm³/mol. The zero-order chi connectivity index (χ0) is 26.5. The van der Waals surface area contributed by atoms with Crippen LogP contribution in [0.4, 0.5) is 5.69 Å². The Hall–Kier alpha value is -2.81. The summed E-state index contributed by atoms with van der Waals surface area (Å²) in [6.45, 7) is 11.4. The van der Waals surface area contributed by atoms with Gasteiger partial charge in [-0.05, 0) is 74.5 Å². The van der Waals surface area contributed by atoms with Crippen molar-refractivity contribution in [2.45, 2.75) is 38.3 Å². The smallest absolute Gasteiger partial charge is 0.256 e. The quantitative estimate of drug-likeness (QED) is 0.195. The molecule has 0 unspecified atom stereocenters. The topological polar surface area (TPSA) is 77.2 Å². The predicted octanol–water partition coefficient (Wildman–Crippen LogP) is 6.25. The largest absolute Gasteiger partial charge is 0.358 e. The third kappa shape index (κ3) is 6.37. The van der Waals surface area contributed by atoms with Gasteiger partial charge in [0.15, 0.2) is 0 Å². The monoisotopic (exact) mass is 580 g/mol. The average molecular weight is 582 g/mol. The van der Waals surface area contributed by atoms with Gasteiger partial charge >= 0.3 is 0 Å². The van der Waals surface area contributed by atoms with E-state index in [1.54, 1.807) is 11.8 Å². The number of aromatic nitrogens is 1. The lowest BCUT2D eigenvalue weighted by atomic mass is 10.0. The fourth-order valence-electron chi connectivity index (χ4n) is 4.55. The van der Waals surface area contributed by atoms with Crippen LogP contribution in [-0.4, -0.2) is 47.9 Å². The number of thioether (sulfide) groups is 1. The number of aromatic amines is 1. The SMILES string of the molecule is CCN(CC)CCNC(=O)c1c(C)[nH]c(/C=C2\C(=O)Nc3ccc(SCc4cccc(Br)c4)cc32)c1C. The first-order chi connectivity index (χ1) is 17.8. The van der Waals surface area contributed by atoms with E-state index >= 15 is 0 Å².